The van der Waals surface area contributed by atoms with Crippen LogP contribution in [0.5, 0.6) is 5.88 Å². The van der Waals surface area contributed by atoms with Gasteiger partial charge < -0.3 is 10.1 Å². The molecule has 0 aliphatic carbocycles. The minimum Gasteiger partial charge on any atom is -0.481 e. The normalized spacial score (nSPS) is 27.7. The third-order valence-corrected chi connectivity index (χ3v) is 4.33. The molecule has 2 saturated heterocycles. The Morgan fingerprint density at radius 3 is 2.61 bits per heavy atom. The number of aryl methyl sites for hydroxylation is 2. The van der Waals surface area contributed by atoms with Crippen LogP contribution in [0.4, 0.5) is 0 Å². The molecule has 100 valence electrons. The summed E-state index contributed by atoms with van der Waals surface area (Å²) in [7, 11) is 3.67. The van der Waals surface area contributed by atoms with E-state index in [1.807, 2.05) is 11.7 Å². The van der Waals surface area contributed by atoms with Gasteiger partial charge in [0.2, 0.25) is 5.88 Å². The summed E-state index contributed by atoms with van der Waals surface area (Å²) in [6.45, 7) is 7.81. The summed E-state index contributed by atoms with van der Waals surface area (Å²) in [6, 6.07) is 0. The quantitative estimate of drug-likeness (QED) is 0.842. The predicted molar refractivity (Wildman–Crippen MR) is 69.6 cm³/mol. The number of hydrogen-bond donors (Lipinski definition) is 1. The average Bonchev–Trinajstić information content (AvgIpc) is 2.94. The Morgan fingerprint density at radius 1 is 1.33 bits per heavy atom. The first-order valence-corrected chi connectivity index (χ1v) is 6.68. The van der Waals surface area contributed by atoms with Crippen molar-refractivity contribution < 1.29 is 4.74 Å². The van der Waals surface area contributed by atoms with Crippen LogP contribution in [-0.4, -0.2) is 48.0 Å². The molecule has 2 atom stereocenters. The molecule has 2 aliphatic heterocycles. The van der Waals surface area contributed by atoms with E-state index in [1.165, 1.54) is 31.7 Å². The fourth-order valence-corrected chi connectivity index (χ4v) is 3.42. The molecular weight excluding hydrogens is 228 g/mol. The van der Waals surface area contributed by atoms with E-state index in [9.17, 15) is 0 Å². The van der Waals surface area contributed by atoms with Gasteiger partial charge >= 0.3 is 0 Å². The van der Waals surface area contributed by atoms with Crippen LogP contribution in [0.3, 0.4) is 0 Å². The van der Waals surface area contributed by atoms with Crippen LogP contribution in [0.25, 0.3) is 0 Å². The van der Waals surface area contributed by atoms with Crippen molar-refractivity contribution in [3.63, 3.8) is 0 Å². The summed E-state index contributed by atoms with van der Waals surface area (Å²) >= 11 is 0. The van der Waals surface area contributed by atoms with Gasteiger partial charge in [-0.2, -0.15) is 5.10 Å². The summed E-state index contributed by atoms with van der Waals surface area (Å²) in [4.78, 5) is 2.54. The highest BCUT2D eigenvalue weighted by Gasteiger charge is 2.36. The number of fused-ring (bicyclic) bond motifs is 1. The van der Waals surface area contributed by atoms with Crippen molar-refractivity contribution in [3.8, 4) is 5.88 Å². The van der Waals surface area contributed by atoms with Crippen LogP contribution in [0.1, 0.15) is 11.3 Å². The topological polar surface area (TPSA) is 42.3 Å². The van der Waals surface area contributed by atoms with E-state index in [0.29, 0.717) is 0 Å². The Bertz CT molecular complexity index is 430. The van der Waals surface area contributed by atoms with E-state index in [1.54, 1.807) is 7.11 Å². The molecule has 1 aromatic heterocycles. The van der Waals surface area contributed by atoms with Crippen LogP contribution < -0.4 is 10.1 Å². The molecule has 0 spiro atoms. The van der Waals surface area contributed by atoms with Gasteiger partial charge in [-0.05, 0) is 31.8 Å². The van der Waals surface area contributed by atoms with E-state index in [4.69, 9.17) is 4.74 Å². The molecule has 0 unspecified atom stereocenters. The maximum atomic E-state index is 5.46. The highest BCUT2D eigenvalue weighted by atomic mass is 16.5. The number of methoxy groups -OCH3 is 1. The number of nitrogens with one attached hydrogen (secondary N) is 1. The Kier molecular flexibility index (Phi) is 3.03. The molecule has 0 amide bonds. The van der Waals surface area contributed by atoms with Gasteiger partial charge in [-0.15, -0.1) is 0 Å². The van der Waals surface area contributed by atoms with Gasteiger partial charge in [-0.25, -0.2) is 4.68 Å². The lowest BCUT2D eigenvalue weighted by Crippen LogP contribution is -2.25. The first kappa shape index (κ1) is 12.0. The monoisotopic (exact) mass is 250 g/mol. The molecule has 2 fully saturated rings. The standard InChI is InChI=1S/C13H22N4O/c1-9-12(13(18-3)16(2)15-9)8-17-6-10-4-14-5-11(10)7-17/h10-11,14H,4-8H2,1-3H3/t10-,11+. The van der Waals surface area contributed by atoms with Crippen molar-refractivity contribution in [2.75, 3.05) is 33.3 Å². The smallest absolute Gasteiger partial charge is 0.216 e. The molecule has 0 saturated carbocycles. The maximum absolute atomic E-state index is 5.46. The van der Waals surface area contributed by atoms with Crippen molar-refractivity contribution in [1.29, 1.82) is 0 Å². The lowest BCUT2D eigenvalue weighted by molar-refractivity contribution is 0.295. The number of rotatable bonds is 3. The van der Waals surface area contributed by atoms with Crippen LogP contribution in [0.2, 0.25) is 0 Å². The third kappa shape index (κ3) is 1.91. The number of likely N-dealkylation sites (tertiary alicyclic amines) is 1. The first-order valence-electron chi connectivity index (χ1n) is 6.68. The summed E-state index contributed by atoms with van der Waals surface area (Å²) in [5, 5.41) is 7.93. The molecule has 0 radical (unpaired) electrons. The molecule has 18 heavy (non-hydrogen) atoms. The fourth-order valence-electron chi connectivity index (χ4n) is 3.42. The minimum absolute atomic E-state index is 0.841. The second-order valence-electron chi connectivity index (χ2n) is 5.57. The fraction of sp³-hybridized carbons (Fsp3) is 0.769. The van der Waals surface area contributed by atoms with Gasteiger partial charge in [0, 0.05) is 26.7 Å². The number of nitrogens with zero attached hydrogens (tertiary/aromatic N) is 3. The van der Waals surface area contributed by atoms with E-state index in [-0.39, 0.29) is 0 Å². The predicted octanol–water partition coefficient (Wildman–Crippen LogP) is 0.388. The van der Waals surface area contributed by atoms with Crippen LogP contribution in [0, 0.1) is 18.8 Å². The van der Waals surface area contributed by atoms with Crippen LogP contribution in [0.15, 0.2) is 0 Å². The molecule has 0 aromatic carbocycles. The summed E-state index contributed by atoms with van der Waals surface area (Å²) in [5.74, 6) is 2.59. The Labute approximate surface area is 108 Å². The number of hydrogen-bond acceptors (Lipinski definition) is 4. The zero-order chi connectivity index (χ0) is 12.7. The average molecular weight is 250 g/mol. The van der Waals surface area contributed by atoms with Gasteiger partial charge in [0.25, 0.3) is 0 Å². The Hall–Kier alpha value is -1.07. The summed E-state index contributed by atoms with van der Waals surface area (Å²) in [5.41, 5.74) is 2.33. The summed E-state index contributed by atoms with van der Waals surface area (Å²) in [6.07, 6.45) is 0. The van der Waals surface area contributed by atoms with Crippen molar-refractivity contribution in [3.05, 3.63) is 11.3 Å². The molecule has 1 N–H and O–H groups in total. The summed E-state index contributed by atoms with van der Waals surface area (Å²) < 4.78 is 7.30. The van der Waals surface area contributed by atoms with Crippen molar-refractivity contribution in [2.24, 2.45) is 18.9 Å². The van der Waals surface area contributed by atoms with Gasteiger partial charge in [-0.3, -0.25) is 4.90 Å². The van der Waals surface area contributed by atoms with Gasteiger partial charge in [0.15, 0.2) is 0 Å². The second kappa shape index (κ2) is 4.55. The number of aromatic nitrogens is 2. The van der Waals surface area contributed by atoms with Crippen LogP contribution in [-0.2, 0) is 13.6 Å². The van der Waals surface area contributed by atoms with E-state index < -0.39 is 0 Å². The van der Waals surface area contributed by atoms with Crippen LogP contribution >= 0.6 is 0 Å². The van der Waals surface area contributed by atoms with E-state index in [0.717, 1.165) is 30.0 Å². The van der Waals surface area contributed by atoms with Crippen molar-refractivity contribution >= 4 is 0 Å². The minimum atomic E-state index is 0.841. The molecule has 1 aromatic rings. The van der Waals surface area contributed by atoms with Gasteiger partial charge in [0.1, 0.15) is 0 Å². The molecule has 5 nitrogen and oxygen atoms in total. The molecule has 3 rings (SSSR count). The zero-order valence-corrected chi connectivity index (χ0v) is 11.4. The van der Waals surface area contributed by atoms with Crippen molar-refractivity contribution in [1.82, 2.24) is 20.0 Å². The zero-order valence-electron chi connectivity index (χ0n) is 11.4. The molecule has 5 heteroatoms. The molecule has 3 heterocycles. The largest absolute Gasteiger partial charge is 0.481 e. The van der Waals surface area contributed by atoms with Crippen molar-refractivity contribution in [2.45, 2.75) is 13.5 Å². The lowest BCUT2D eigenvalue weighted by atomic mass is 10.0. The van der Waals surface area contributed by atoms with E-state index in [2.05, 4.69) is 22.2 Å². The molecule has 0 bridgehead atoms. The molecular formula is C13H22N4O. The van der Waals surface area contributed by atoms with Gasteiger partial charge in [0.05, 0.1) is 18.4 Å². The third-order valence-electron chi connectivity index (χ3n) is 4.33. The van der Waals surface area contributed by atoms with E-state index >= 15 is 0 Å². The highest BCUT2D eigenvalue weighted by Crippen LogP contribution is 2.30. The highest BCUT2D eigenvalue weighted by molar-refractivity contribution is 5.31. The maximum Gasteiger partial charge on any atom is 0.216 e. The SMILES string of the molecule is COc1c(CN2C[C@H]3CNC[C@H]3C2)c(C)nn1C. The Morgan fingerprint density at radius 2 is 2.00 bits per heavy atom. The van der Waals surface area contributed by atoms with Gasteiger partial charge in [-0.1, -0.05) is 0 Å². The first-order chi connectivity index (χ1) is 8.69. The Balaban J connectivity index is 1.73. The number of ether oxygens (including phenoxy) is 1. The second-order valence-corrected chi connectivity index (χ2v) is 5.57. The molecule has 2 aliphatic rings. The lowest BCUT2D eigenvalue weighted by Gasteiger charge is -2.17.